The Hall–Kier alpha value is -0.320. The summed E-state index contributed by atoms with van der Waals surface area (Å²) >= 11 is 7.40. The van der Waals surface area contributed by atoms with Gasteiger partial charge in [-0.3, -0.25) is 0 Å². The first-order valence-corrected chi connectivity index (χ1v) is 6.02. The minimum atomic E-state index is 0.594. The summed E-state index contributed by atoms with van der Waals surface area (Å²) in [7, 11) is 0. The van der Waals surface area contributed by atoms with Crippen LogP contribution in [0, 0.1) is 5.92 Å². The lowest BCUT2D eigenvalue weighted by Gasteiger charge is -2.05. The lowest BCUT2D eigenvalue weighted by atomic mass is 10.2. The maximum atomic E-state index is 5.69. The minimum Gasteiger partial charge on any atom is -0.316 e. The van der Waals surface area contributed by atoms with Crippen molar-refractivity contribution in [3.63, 3.8) is 0 Å². The Kier molecular flexibility index (Phi) is 3.61. The number of hydrogen-bond acceptors (Lipinski definition) is 4. The second-order valence-electron chi connectivity index (χ2n) is 3.35. The molecular formula is C9H12ClN3S. The van der Waals surface area contributed by atoms with Crippen LogP contribution in [0.15, 0.2) is 17.6 Å². The molecule has 1 aliphatic rings. The fraction of sp³-hybridized carbons (Fsp3) is 0.556. The van der Waals surface area contributed by atoms with Crippen molar-refractivity contribution in [1.29, 1.82) is 0 Å². The summed E-state index contributed by atoms with van der Waals surface area (Å²) in [4.78, 5) is 8.28. The topological polar surface area (TPSA) is 37.8 Å². The number of nitrogens with one attached hydrogen (secondary N) is 1. The van der Waals surface area contributed by atoms with Crippen LogP contribution in [-0.2, 0) is 0 Å². The van der Waals surface area contributed by atoms with Crippen LogP contribution < -0.4 is 5.32 Å². The number of thioether (sulfide) groups is 1. The zero-order valence-electron chi connectivity index (χ0n) is 7.74. The zero-order chi connectivity index (χ0) is 9.80. The third kappa shape index (κ3) is 2.83. The molecule has 0 saturated carbocycles. The summed E-state index contributed by atoms with van der Waals surface area (Å²) in [6, 6.07) is 0. The summed E-state index contributed by atoms with van der Waals surface area (Å²) in [5, 5.41) is 4.76. The van der Waals surface area contributed by atoms with Crippen molar-refractivity contribution in [2.24, 2.45) is 5.92 Å². The Morgan fingerprint density at radius 2 is 2.29 bits per heavy atom. The molecule has 1 N–H and O–H groups in total. The third-order valence-corrected chi connectivity index (χ3v) is 3.51. The molecule has 0 aromatic carbocycles. The second kappa shape index (κ2) is 4.96. The Labute approximate surface area is 92.7 Å². The highest BCUT2D eigenvalue weighted by Gasteiger charge is 2.14. The highest BCUT2D eigenvalue weighted by Crippen LogP contribution is 2.20. The molecule has 0 bridgehead atoms. The van der Waals surface area contributed by atoms with E-state index in [9.17, 15) is 0 Å². The van der Waals surface area contributed by atoms with Gasteiger partial charge in [-0.05, 0) is 25.4 Å². The highest BCUT2D eigenvalue weighted by atomic mass is 35.5. The first-order chi connectivity index (χ1) is 6.84. The second-order valence-corrected chi connectivity index (χ2v) is 4.78. The summed E-state index contributed by atoms with van der Waals surface area (Å²) in [5.41, 5.74) is 0. The van der Waals surface area contributed by atoms with E-state index in [1.165, 1.54) is 6.42 Å². The van der Waals surface area contributed by atoms with Crippen molar-refractivity contribution in [2.75, 3.05) is 18.8 Å². The molecule has 14 heavy (non-hydrogen) atoms. The van der Waals surface area contributed by atoms with E-state index in [1.807, 2.05) is 0 Å². The number of halogens is 1. The zero-order valence-corrected chi connectivity index (χ0v) is 9.31. The van der Waals surface area contributed by atoms with E-state index in [-0.39, 0.29) is 0 Å². The van der Waals surface area contributed by atoms with E-state index in [1.54, 1.807) is 24.2 Å². The van der Waals surface area contributed by atoms with Crippen molar-refractivity contribution in [3.05, 3.63) is 17.4 Å². The molecule has 0 spiro atoms. The molecule has 1 aromatic heterocycles. The molecule has 1 saturated heterocycles. The Morgan fingerprint density at radius 3 is 2.93 bits per heavy atom. The van der Waals surface area contributed by atoms with Gasteiger partial charge in [-0.2, -0.15) is 0 Å². The molecule has 1 atom stereocenters. The van der Waals surface area contributed by atoms with Crippen molar-refractivity contribution in [1.82, 2.24) is 15.3 Å². The van der Waals surface area contributed by atoms with Gasteiger partial charge in [0, 0.05) is 5.75 Å². The summed E-state index contributed by atoms with van der Waals surface area (Å²) < 4.78 is 0. The Morgan fingerprint density at radius 1 is 1.50 bits per heavy atom. The van der Waals surface area contributed by atoms with E-state index >= 15 is 0 Å². The van der Waals surface area contributed by atoms with Gasteiger partial charge in [0.25, 0.3) is 0 Å². The maximum absolute atomic E-state index is 5.69. The van der Waals surface area contributed by atoms with Crippen LogP contribution in [-0.4, -0.2) is 28.8 Å². The molecule has 0 radical (unpaired) electrons. The molecule has 1 aliphatic heterocycles. The van der Waals surface area contributed by atoms with Crippen LogP contribution in [0.3, 0.4) is 0 Å². The Balaban J connectivity index is 1.82. The highest BCUT2D eigenvalue weighted by molar-refractivity contribution is 7.99. The van der Waals surface area contributed by atoms with Crippen LogP contribution in [0.2, 0.25) is 5.02 Å². The molecule has 76 valence electrons. The molecule has 2 rings (SSSR count). The van der Waals surface area contributed by atoms with Gasteiger partial charge in [0.05, 0.1) is 17.4 Å². The van der Waals surface area contributed by atoms with E-state index in [0.717, 1.165) is 29.9 Å². The number of nitrogens with zero attached hydrogens (tertiary/aromatic N) is 2. The standard InChI is InChI=1S/C9H12ClN3S/c10-8-4-12-9(13-5-8)14-6-7-1-2-11-3-7/h4-5,7,11H,1-3,6H2/t7-/m1/s1. The summed E-state index contributed by atoms with van der Waals surface area (Å²) in [6.07, 6.45) is 4.55. The predicted molar refractivity (Wildman–Crippen MR) is 58.7 cm³/mol. The van der Waals surface area contributed by atoms with Gasteiger partial charge in [-0.1, -0.05) is 23.4 Å². The van der Waals surface area contributed by atoms with Crippen LogP contribution in [0.25, 0.3) is 0 Å². The molecule has 0 aliphatic carbocycles. The van der Waals surface area contributed by atoms with E-state index in [0.29, 0.717) is 5.02 Å². The number of hydrogen-bond donors (Lipinski definition) is 1. The van der Waals surface area contributed by atoms with Crippen LogP contribution in [0.5, 0.6) is 0 Å². The largest absolute Gasteiger partial charge is 0.316 e. The summed E-state index contributed by atoms with van der Waals surface area (Å²) in [5.74, 6) is 1.86. The molecule has 2 heterocycles. The minimum absolute atomic E-state index is 0.594. The number of rotatable bonds is 3. The lowest BCUT2D eigenvalue weighted by Crippen LogP contribution is -2.10. The normalized spacial score (nSPS) is 21.4. The smallest absolute Gasteiger partial charge is 0.187 e. The van der Waals surface area contributed by atoms with Crippen molar-refractivity contribution in [2.45, 2.75) is 11.6 Å². The SMILES string of the molecule is Clc1cnc(SC[C@@H]2CCNC2)nc1. The molecular weight excluding hydrogens is 218 g/mol. The van der Waals surface area contributed by atoms with Crippen molar-refractivity contribution in [3.8, 4) is 0 Å². The molecule has 1 aromatic rings. The van der Waals surface area contributed by atoms with E-state index < -0.39 is 0 Å². The first kappa shape index (κ1) is 10.2. The van der Waals surface area contributed by atoms with Gasteiger partial charge >= 0.3 is 0 Å². The third-order valence-electron chi connectivity index (χ3n) is 2.21. The fourth-order valence-electron chi connectivity index (χ4n) is 1.42. The molecule has 0 unspecified atom stereocenters. The van der Waals surface area contributed by atoms with Crippen LogP contribution in [0.1, 0.15) is 6.42 Å². The average Bonchev–Trinajstić information content (AvgIpc) is 2.70. The quantitative estimate of drug-likeness (QED) is 0.634. The molecule has 5 heteroatoms. The van der Waals surface area contributed by atoms with Crippen molar-refractivity contribution < 1.29 is 0 Å². The average molecular weight is 230 g/mol. The summed E-state index contributed by atoms with van der Waals surface area (Å²) in [6.45, 7) is 2.27. The first-order valence-electron chi connectivity index (χ1n) is 4.65. The lowest BCUT2D eigenvalue weighted by molar-refractivity contribution is 0.661. The molecule has 1 fully saturated rings. The van der Waals surface area contributed by atoms with Gasteiger partial charge in [-0.15, -0.1) is 0 Å². The van der Waals surface area contributed by atoms with Crippen molar-refractivity contribution >= 4 is 23.4 Å². The van der Waals surface area contributed by atoms with E-state index in [2.05, 4.69) is 15.3 Å². The fourth-order valence-corrected chi connectivity index (χ4v) is 2.45. The van der Waals surface area contributed by atoms with Gasteiger partial charge in [0.2, 0.25) is 0 Å². The number of aromatic nitrogens is 2. The molecule has 3 nitrogen and oxygen atoms in total. The van der Waals surface area contributed by atoms with Crippen LogP contribution in [0.4, 0.5) is 0 Å². The monoisotopic (exact) mass is 229 g/mol. The van der Waals surface area contributed by atoms with Gasteiger partial charge in [0.15, 0.2) is 5.16 Å². The Bertz CT molecular complexity index is 285. The molecule has 0 amide bonds. The predicted octanol–water partition coefficient (Wildman–Crippen LogP) is 1.83. The van der Waals surface area contributed by atoms with Gasteiger partial charge < -0.3 is 5.32 Å². The van der Waals surface area contributed by atoms with E-state index in [4.69, 9.17) is 11.6 Å². The maximum Gasteiger partial charge on any atom is 0.187 e. The van der Waals surface area contributed by atoms with Gasteiger partial charge in [0.1, 0.15) is 0 Å². The van der Waals surface area contributed by atoms with Gasteiger partial charge in [-0.25, -0.2) is 9.97 Å². The van der Waals surface area contributed by atoms with Crippen LogP contribution >= 0.6 is 23.4 Å².